The van der Waals surface area contributed by atoms with E-state index in [0.29, 0.717) is 23.0 Å². The molecule has 0 atom stereocenters. The minimum atomic E-state index is -0.325. The fourth-order valence-corrected chi connectivity index (χ4v) is 1.94. The first-order chi connectivity index (χ1) is 8.19. The van der Waals surface area contributed by atoms with Crippen molar-refractivity contribution in [2.24, 2.45) is 0 Å². The third kappa shape index (κ3) is 4.19. The van der Waals surface area contributed by atoms with Gasteiger partial charge in [0.2, 0.25) is 0 Å². The third-order valence-electron chi connectivity index (χ3n) is 2.29. The lowest BCUT2D eigenvalue weighted by atomic mass is 10.2. The van der Waals surface area contributed by atoms with Crippen molar-refractivity contribution in [2.75, 3.05) is 12.3 Å². The Morgan fingerprint density at radius 3 is 2.88 bits per heavy atom. The van der Waals surface area contributed by atoms with Gasteiger partial charge in [0.05, 0.1) is 17.9 Å². The Bertz CT molecular complexity index is 399. The number of unbranched alkanes of at least 4 members (excludes halogenated alkanes) is 2. The van der Waals surface area contributed by atoms with Gasteiger partial charge in [-0.15, -0.1) is 11.3 Å². The predicted molar refractivity (Wildman–Crippen MR) is 70.7 cm³/mol. The molecule has 1 rings (SSSR count). The van der Waals surface area contributed by atoms with Crippen molar-refractivity contribution in [3.8, 4) is 0 Å². The normalized spacial score (nSPS) is 11.5. The molecule has 0 saturated carbocycles. The second-order valence-corrected chi connectivity index (χ2v) is 4.51. The largest absolute Gasteiger partial charge is 0.462 e. The van der Waals surface area contributed by atoms with E-state index in [1.54, 1.807) is 18.4 Å². The minimum Gasteiger partial charge on any atom is -0.462 e. The van der Waals surface area contributed by atoms with E-state index in [-0.39, 0.29) is 5.97 Å². The minimum absolute atomic E-state index is 0.325. The first-order valence-electron chi connectivity index (χ1n) is 5.73. The number of thiazole rings is 1. The van der Waals surface area contributed by atoms with Crippen molar-refractivity contribution in [1.29, 1.82) is 0 Å². The number of ether oxygens (including phenoxy) is 1. The Morgan fingerprint density at radius 1 is 1.59 bits per heavy atom. The number of aromatic nitrogens is 1. The van der Waals surface area contributed by atoms with Gasteiger partial charge in [0, 0.05) is 5.38 Å². The highest BCUT2D eigenvalue weighted by Crippen LogP contribution is 2.20. The number of carbonyl (C=O) groups is 1. The summed E-state index contributed by atoms with van der Waals surface area (Å²) in [7, 11) is 0. The van der Waals surface area contributed by atoms with Crippen LogP contribution < -0.4 is 5.73 Å². The van der Waals surface area contributed by atoms with E-state index < -0.39 is 0 Å². The van der Waals surface area contributed by atoms with E-state index in [2.05, 4.69) is 11.9 Å². The van der Waals surface area contributed by atoms with E-state index >= 15 is 0 Å². The number of esters is 1. The zero-order valence-electron chi connectivity index (χ0n) is 10.2. The zero-order valence-corrected chi connectivity index (χ0v) is 11.0. The molecule has 4 nitrogen and oxygen atoms in total. The maximum atomic E-state index is 11.8. The second-order valence-electron chi connectivity index (χ2n) is 3.62. The highest BCUT2D eigenvalue weighted by atomic mass is 32.1. The Labute approximate surface area is 106 Å². The maximum Gasteiger partial charge on any atom is 0.340 e. The molecule has 0 fully saturated rings. The number of carbonyl (C=O) groups excluding carboxylic acids is 1. The molecule has 1 aromatic heterocycles. The summed E-state index contributed by atoms with van der Waals surface area (Å²) in [6.45, 7) is 4.36. The predicted octanol–water partition coefficient (Wildman–Crippen LogP) is 2.86. The number of hydrogen-bond donors (Lipinski definition) is 1. The second kappa shape index (κ2) is 7.06. The molecule has 0 aliphatic carbocycles. The van der Waals surface area contributed by atoms with Gasteiger partial charge in [-0.2, -0.15) is 0 Å². The van der Waals surface area contributed by atoms with Crippen LogP contribution in [-0.4, -0.2) is 17.6 Å². The first-order valence-corrected chi connectivity index (χ1v) is 6.61. The van der Waals surface area contributed by atoms with Crippen molar-refractivity contribution in [2.45, 2.75) is 33.1 Å². The summed E-state index contributed by atoms with van der Waals surface area (Å²) in [5, 5.41) is 2.22. The highest BCUT2D eigenvalue weighted by molar-refractivity contribution is 7.13. The Hall–Kier alpha value is -1.36. The summed E-state index contributed by atoms with van der Waals surface area (Å²) in [5.74, 6) is -0.325. The Balaban J connectivity index is 2.54. The molecule has 0 radical (unpaired) electrons. The van der Waals surface area contributed by atoms with Gasteiger partial charge >= 0.3 is 5.97 Å². The number of nitrogens with two attached hydrogens (primary N) is 1. The molecule has 2 N–H and O–H groups in total. The van der Waals surface area contributed by atoms with Gasteiger partial charge in [-0.05, 0) is 13.3 Å². The molecule has 0 aliphatic heterocycles. The van der Waals surface area contributed by atoms with Gasteiger partial charge in [-0.1, -0.05) is 25.8 Å². The number of anilines is 1. The van der Waals surface area contributed by atoms with Crippen molar-refractivity contribution in [3.63, 3.8) is 0 Å². The third-order valence-corrected chi connectivity index (χ3v) is 2.96. The molecule has 0 aromatic carbocycles. The Kier molecular flexibility index (Phi) is 5.69. The Morgan fingerprint density at radius 2 is 2.35 bits per heavy atom. The van der Waals surface area contributed by atoms with Crippen molar-refractivity contribution in [3.05, 3.63) is 17.2 Å². The standard InChI is InChI=1S/C12H18N2O2S/c1-3-5-6-7-16-11(15)9(4-2)10-8-17-12(13)14-10/h4,8H,3,5-7H2,1-2H3,(H2,13,14)/b9-4+. The highest BCUT2D eigenvalue weighted by Gasteiger charge is 2.15. The van der Waals surface area contributed by atoms with Crippen LogP contribution in [0, 0.1) is 0 Å². The van der Waals surface area contributed by atoms with Gasteiger partial charge < -0.3 is 10.5 Å². The summed E-state index contributed by atoms with van der Waals surface area (Å²) < 4.78 is 5.18. The van der Waals surface area contributed by atoms with Gasteiger partial charge in [0.15, 0.2) is 5.13 Å². The number of nitrogens with zero attached hydrogens (tertiary/aromatic N) is 1. The van der Waals surface area contributed by atoms with E-state index in [0.717, 1.165) is 19.3 Å². The molecule has 0 unspecified atom stereocenters. The molecule has 5 heteroatoms. The molecule has 0 bridgehead atoms. The van der Waals surface area contributed by atoms with Crippen LogP contribution in [0.25, 0.3) is 5.57 Å². The number of nitrogen functional groups attached to an aromatic ring is 1. The van der Waals surface area contributed by atoms with Gasteiger partial charge in [0.25, 0.3) is 0 Å². The van der Waals surface area contributed by atoms with Crippen LogP contribution >= 0.6 is 11.3 Å². The van der Waals surface area contributed by atoms with Crippen LogP contribution in [0.15, 0.2) is 11.5 Å². The lowest BCUT2D eigenvalue weighted by Crippen LogP contribution is -2.08. The molecular weight excluding hydrogens is 236 g/mol. The topological polar surface area (TPSA) is 65.2 Å². The summed E-state index contributed by atoms with van der Waals surface area (Å²) in [6, 6.07) is 0. The van der Waals surface area contributed by atoms with Crippen LogP contribution in [0.2, 0.25) is 0 Å². The molecule has 0 spiro atoms. The first kappa shape index (κ1) is 13.7. The average Bonchev–Trinajstić information content (AvgIpc) is 2.72. The summed E-state index contributed by atoms with van der Waals surface area (Å²) in [4.78, 5) is 15.9. The fraction of sp³-hybridized carbons (Fsp3) is 0.500. The van der Waals surface area contributed by atoms with Crippen LogP contribution in [0.4, 0.5) is 5.13 Å². The van der Waals surface area contributed by atoms with Crippen molar-refractivity contribution < 1.29 is 9.53 Å². The fourth-order valence-electron chi connectivity index (χ4n) is 1.38. The van der Waals surface area contributed by atoms with Crippen LogP contribution in [0.1, 0.15) is 38.8 Å². The van der Waals surface area contributed by atoms with Crippen LogP contribution in [0.5, 0.6) is 0 Å². The summed E-state index contributed by atoms with van der Waals surface area (Å²) in [6.07, 6.45) is 4.79. The average molecular weight is 254 g/mol. The number of rotatable bonds is 6. The number of hydrogen-bond acceptors (Lipinski definition) is 5. The maximum absolute atomic E-state index is 11.8. The lowest BCUT2D eigenvalue weighted by molar-refractivity contribution is -0.136. The monoisotopic (exact) mass is 254 g/mol. The molecule has 17 heavy (non-hydrogen) atoms. The zero-order chi connectivity index (χ0) is 12.7. The smallest absolute Gasteiger partial charge is 0.340 e. The molecule has 1 heterocycles. The van der Waals surface area contributed by atoms with E-state index in [1.165, 1.54) is 11.3 Å². The SMILES string of the molecule is C/C=C(/C(=O)OCCCCC)c1csc(N)n1. The molecule has 0 amide bonds. The van der Waals surface area contributed by atoms with Crippen molar-refractivity contribution >= 4 is 28.0 Å². The molecule has 94 valence electrons. The quantitative estimate of drug-likeness (QED) is 0.481. The van der Waals surface area contributed by atoms with Crippen LogP contribution in [0.3, 0.4) is 0 Å². The molecule has 0 saturated heterocycles. The van der Waals surface area contributed by atoms with E-state index in [1.807, 2.05) is 0 Å². The number of allylic oxidation sites excluding steroid dienone is 1. The molecule has 0 aliphatic rings. The lowest BCUT2D eigenvalue weighted by Gasteiger charge is -2.05. The summed E-state index contributed by atoms with van der Waals surface area (Å²) >= 11 is 1.32. The van der Waals surface area contributed by atoms with Crippen LogP contribution in [-0.2, 0) is 9.53 Å². The van der Waals surface area contributed by atoms with E-state index in [4.69, 9.17) is 10.5 Å². The van der Waals surface area contributed by atoms with Gasteiger partial charge in [0.1, 0.15) is 0 Å². The van der Waals surface area contributed by atoms with Gasteiger partial charge in [-0.3, -0.25) is 0 Å². The summed E-state index contributed by atoms with van der Waals surface area (Å²) in [5.41, 5.74) is 6.61. The molecule has 1 aromatic rings. The molecular formula is C12H18N2O2S. The van der Waals surface area contributed by atoms with Gasteiger partial charge in [-0.25, -0.2) is 9.78 Å². The van der Waals surface area contributed by atoms with E-state index in [9.17, 15) is 4.79 Å². The van der Waals surface area contributed by atoms with Crippen molar-refractivity contribution in [1.82, 2.24) is 4.98 Å².